The normalized spacial score (nSPS) is 15.9. The maximum Gasteiger partial charge on any atom is 0.162 e. The molecule has 1 aromatic heterocycles. The number of carbonyl (C=O) groups is 1. The van der Waals surface area contributed by atoms with Crippen LogP contribution in [0.4, 0.5) is 5.82 Å². The second kappa shape index (κ2) is 11.5. The number of ether oxygens (including phenoxy) is 2. The van der Waals surface area contributed by atoms with E-state index in [9.17, 15) is 4.79 Å². The van der Waals surface area contributed by atoms with Gasteiger partial charge in [-0.25, -0.2) is 0 Å². The highest BCUT2D eigenvalue weighted by Crippen LogP contribution is 2.34. The van der Waals surface area contributed by atoms with Gasteiger partial charge < -0.3 is 24.5 Å². The van der Waals surface area contributed by atoms with Crippen molar-refractivity contribution >= 4 is 12.1 Å². The maximum atomic E-state index is 10.0. The van der Waals surface area contributed by atoms with Crippen LogP contribution in [0.3, 0.4) is 0 Å². The van der Waals surface area contributed by atoms with E-state index in [2.05, 4.69) is 20.4 Å². The Kier molecular flexibility index (Phi) is 8.37. The number of fused-ring (bicyclic) bond motifs is 1. The van der Waals surface area contributed by atoms with Crippen molar-refractivity contribution in [2.75, 3.05) is 45.2 Å². The van der Waals surface area contributed by atoms with Crippen LogP contribution in [0.1, 0.15) is 38.5 Å². The molecule has 0 unspecified atom stereocenters. The fourth-order valence-electron chi connectivity index (χ4n) is 3.55. The first-order valence-corrected chi connectivity index (χ1v) is 10.6. The summed E-state index contributed by atoms with van der Waals surface area (Å²) in [6.45, 7) is 4.97. The minimum absolute atomic E-state index is 0.598. The van der Waals surface area contributed by atoms with E-state index >= 15 is 0 Å². The molecule has 0 atom stereocenters. The van der Waals surface area contributed by atoms with Crippen LogP contribution in [0.15, 0.2) is 24.3 Å². The fourth-order valence-corrected chi connectivity index (χ4v) is 3.55. The van der Waals surface area contributed by atoms with Gasteiger partial charge in [-0.1, -0.05) is 6.42 Å². The number of nitrogens with one attached hydrogen (secondary N) is 2. The van der Waals surface area contributed by atoms with Gasteiger partial charge in [0.25, 0.3) is 0 Å². The molecule has 0 bridgehead atoms. The largest absolute Gasteiger partial charge is 0.486 e. The van der Waals surface area contributed by atoms with Gasteiger partial charge in [0.15, 0.2) is 11.5 Å². The van der Waals surface area contributed by atoms with Crippen molar-refractivity contribution in [3.05, 3.63) is 24.3 Å². The van der Waals surface area contributed by atoms with E-state index in [0.29, 0.717) is 13.2 Å². The molecular formula is C22H32N4O3. The Morgan fingerprint density at radius 1 is 1.10 bits per heavy atom. The average Bonchev–Trinajstić information content (AvgIpc) is 3.27. The van der Waals surface area contributed by atoms with Crippen LogP contribution in [-0.4, -0.2) is 61.3 Å². The summed E-state index contributed by atoms with van der Waals surface area (Å²) in [5.41, 5.74) is 1.98. The standard InChI is InChI=1S/C12H13N3O2.C10H19NO/c1-13-12-7-9(14-15-12)8-2-3-10-11(6-8)17-5-4-16-10;12-10-6-2-5-9-11-7-3-1-4-8-11/h2-3,6-7H,4-5H2,1H3,(H2,13,14,15);10H,1-9H2. The van der Waals surface area contributed by atoms with E-state index in [1.807, 2.05) is 31.3 Å². The van der Waals surface area contributed by atoms with Gasteiger partial charge in [-0.3, -0.25) is 5.10 Å². The topological polar surface area (TPSA) is 79.5 Å². The molecule has 2 N–H and O–H groups in total. The lowest BCUT2D eigenvalue weighted by Crippen LogP contribution is -2.30. The second-order valence-electron chi connectivity index (χ2n) is 7.34. The lowest BCUT2D eigenvalue weighted by Gasteiger charge is -2.26. The summed E-state index contributed by atoms with van der Waals surface area (Å²) in [7, 11) is 1.84. The van der Waals surface area contributed by atoms with Gasteiger partial charge in [-0.15, -0.1) is 0 Å². The number of aldehydes is 1. The van der Waals surface area contributed by atoms with Crippen LogP contribution in [0.25, 0.3) is 11.3 Å². The minimum atomic E-state index is 0.598. The Balaban J connectivity index is 0.000000177. The maximum absolute atomic E-state index is 10.0. The van der Waals surface area contributed by atoms with Gasteiger partial charge in [0, 0.05) is 25.1 Å². The Morgan fingerprint density at radius 3 is 2.62 bits per heavy atom. The molecule has 0 amide bonds. The van der Waals surface area contributed by atoms with Gasteiger partial charge in [-0.2, -0.15) is 5.10 Å². The molecule has 2 aliphatic rings. The number of likely N-dealkylation sites (tertiary alicyclic amines) is 1. The number of rotatable bonds is 7. The van der Waals surface area contributed by atoms with Crippen LogP contribution in [0.2, 0.25) is 0 Å². The molecular weight excluding hydrogens is 368 g/mol. The molecule has 0 spiro atoms. The first-order valence-electron chi connectivity index (χ1n) is 10.6. The van der Waals surface area contributed by atoms with Crippen LogP contribution in [-0.2, 0) is 4.79 Å². The van der Waals surface area contributed by atoms with Crippen molar-refractivity contribution in [1.82, 2.24) is 15.1 Å². The molecule has 3 heterocycles. The molecule has 0 radical (unpaired) electrons. The number of anilines is 1. The SMILES string of the molecule is CNc1cc(-c2ccc3c(c2)OCCO3)[nH]n1.O=CCCCCN1CCCCC1. The number of nitrogens with zero attached hydrogens (tertiary/aromatic N) is 2. The number of benzene rings is 1. The molecule has 0 aliphatic carbocycles. The van der Waals surface area contributed by atoms with Crippen LogP contribution < -0.4 is 14.8 Å². The Morgan fingerprint density at radius 2 is 1.90 bits per heavy atom. The number of H-pyrrole nitrogens is 1. The van der Waals surface area contributed by atoms with Gasteiger partial charge in [0.1, 0.15) is 25.3 Å². The third-order valence-electron chi connectivity index (χ3n) is 5.18. The molecule has 4 rings (SSSR count). The minimum Gasteiger partial charge on any atom is -0.486 e. The van der Waals surface area contributed by atoms with Crippen LogP contribution >= 0.6 is 0 Å². The number of hydrogen-bond donors (Lipinski definition) is 2. The summed E-state index contributed by atoms with van der Waals surface area (Å²) in [6.07, 6.45) is 8.18. The molecule has 2 aliphatic heterocycles. The summed E-state index contributed by atoms with van der Waals surface area (Å²) < 4.78 is 11.0. The van der Waals surface area contributed by atoms with E-state index in [-0.39, 0.29) is 0 Å². The summed E-state index contributed by atoms with van der Waals surface area (Å²) in [5.74, 6) is 2.40. The zero-order valence-electron chi connectivity index (χ0n) is 17.3. The summed E-state index contributed by atoms with van der Waals surface area (Å²) >= 11 is 0. The Bertz CT molecular complexity index is 756. The van der Waals surface area contributed by atoms with Gasteiger partial charge in [0.2, 0.25) is 0 Å². The van der Waals surface area contributed by atoms with Crippen molar-refractivity contribution in [1.29, 1.82) is 0 Å². The number of piperidine rings is 1. The van der Waals surface area contributed by atoms with E-state index < -0.39 is 0 Å². The molecule has 0 saturated carbocycles. The summed E-state index contributed by atoms with van der Waals surface area (Å²) in [4.78, 5) is 12.6. The van der Waals surface area contributed by atoms with Crippen LogP contribution in [0, 0.1) is 0 Å². The van der Waals surface area contributed by atoms with E-state index in [1.54, 1.807) is 0 Å². The van der Waals surface area contributed by atoms with E-state index in [1.165, 1.54) is 45.3 Å². The molecule has 1 aromatic carbocycles. The number of aromatic amines is 1. The number of carbonyl (C=O) groups excluding carboxylic acids is 1. The monoisotopic (exact) mass is 400 g/mol. The first kappa shape index (κ1) is 21.2. The third kappa shape index (κ3) is 6.49. The molecule has 7 nitrogen and oxygen atoms in total. The third-order valence-corrected chi connectivity index (χ3v) is 5.18. The Hall–Kier alpha value is -2.54. The van der Waals surface area contributed by atoms with E-state index in [4.69, 9.17) is 9.47 Å². The molecule has 1 fully saturated rings. The van der Waals surface area contributed by atoms with E-state index in [0.717, 1.165) is 47.7 Å². The zero-order chi connectivity index (χ0) is 20.3. The van der Waals surface area contributed by atoms with Crippen LogP contribution in [0.5, 0.6) is 11.5 Å². The van der Waals surface area contributed by atoms with Crippen molar-refractivity contribution in [2.45, 2.75) is 38.5 Å². The van der Waals surface area contributed by atoms with Crippen molar-refractivity contribution in [3.63, 3.8) is 0 Å². The lowest BCUT2D eigenvalue weighted by molar-refractivity contribution is -0.107. The molecule has 158 valence electrons. The first-order chi connectivity index (χ1) is 14.3. The second-order valence-corrected chi connectivity index (χ2v) is 7.34. The quantitative estimate of drug-likeness (QED) is 0.545. The van der Waals surface area contributed by atoms with Gasteiger partial charge in [0.05, 0.1) is 5.69 Å². The summed E-state index contributed by atoms with van der Waals surface area (Å²) in [5, 5.41) is 10.1. The highest BCUT2D eigenvalue weighted by Gasteiger charge is 2.13. The Labute approximate surface area is 172 Å². The predicted octanol–water partition coefficient (Wildman–Crippen LogP) is 3.73. The zero-order valence-corrected chi connectivity index (χ0v) is 17.3. The highest BCUT2D eigenvalue weighted by atomic mass is 16.6. The van der Waals surface area contributed by atoms with Crippen molar-refractivity contribution < 1.29 is 14.3 Å². The molecule has 7 heteroatoms. The predicted molar refractivity (Wildman–Crippen MR) is 115 cm³/mol. The number of aromatic nitrogens is 2. The fraction of sp³-hybridized carbons (Fsp3) is 0.545. The highest BCUT2D eigenvalue weighted by molar-refractivity contribution is 5.66. The van der Waals surface area contributed by atoms with Crippen molar-refractivity contribution in [3.8, 4) is 22.8 Å². The van der Waals surface area contributed by atoms with Gasteiger partial charge in [-0.05, 0) is 63.5 Å². The van der Waals surface area contributed by atoms with Gasteiger partial charge >= 0.3 is 0 Å². The molecule has 2 aromatic rings. The average molecular weight is 401 g/mol. The molecule has 1 saturated heterocycles. The van der Waals surface area contributed by atoms with Crippen molar-refractivity contribution in [2.24, 2.45) is 0 Å². The summed E-state index contributed by atoms with van der Waals surface area (Å²) in [6, 6.07) is 7.82. The number of unbranched alkanes of at least 4 members (excludes halogenated alkanes) is 2. The number of hydrogen-bond acceptors (Lipinski definition) is 6. The lowest BCUT2D eigenvalue weighted by atomic mass is 10.1. The molecule has 29 heavy (non-hydrogen) atoms. The smallest absolute Gasteiger partial charge is 0.162 e.